The predicted molar refractivity (Wildman–Crippen MR) is 83.8 cm³/mol. The Balaban J connectivity index is 2.08. The molecule has 2 aromatic carbocycles. The van der Waals surface area contributed by atoms with E-state index < -0.39 is 11.2 Å². The first-order chi connectivity index (χ1) is 10.5. The second-order valence-corrected chi connectivity index (χ2v) is 4.73. The molecule has 2 aromatic rings. The molecule has 7 heteroatoms. The van der Waals surface area contributed by atoms with Crippen LogP contribution in [-0.2, 0) is 0 Å². The lowest BCUT2D eigenvalue weighted by atomic mass is 10.2. The zero-order chi connectivity index (χ0) is 16.1. The van der Waals surface area contributed by atoms with E-state index in [1.54, 1.807) is 31.0 Å². The lowest BCUT2D eigenvalue weighted by Crippen LogP contribution is -2.27. The molecular formula is C15H16N4O3. The molecule has 0 bridgehead atoms. The summed E-state index contributed by atoms with van der Waals surface area (Å²) in [5.74, 6) is 0. The summed E-state index contributed by atoms with van der Waals surface area (Å²) in [6.45, 7) is 1.68. The molecule has 1 unspecified atom stereocenters. The standard InChI is InChI=1S/C15H16N4O3/c1-11(20)18(2)14-7-3-12(4-8-14)16-17-13-5-9-15(10-6-13)19(21)22/h3-11,20H,1-2H3. The molecule has 2 rings (SSSR count). The molecule has 0 aliphatic carbocycles. The Hall–Kier alpha value is -2.80. The fourth-order valence-electron chi connectivity index (χ4n) is 1.73. The molecule has 0 aromatic heterocycles. The molecule has 0 fully saturated rings. The van der Waals surface area contributed by atoms with E-state index >= 15 is 0 Å². The third-order valence-corrected chi connectivity index (χ3v) is 3.16. The number of benzene rings is 2. The molecule has 1 atom stereocenters. The van der Waals surface area contributed by atoms with Gasteiger partial charge in [-0.3, -0.25) is 10.1 Å². The van der Waals surface area contributed by atoms with E-state index in [0.29, 0.717) is 11.4 Å². The van der Waals surface area contributed by atoms with Crippen molar-refractivity contribution in [3.05, 3.63) is 58.6 Å². The Labute approximate surface area is 127 Å². The Bertz CT molecular complexity index is 666. The molecule has 7 nitrogen and oxygen atoms in total. The minimum Gasteiger partial charge on any atom is -0.374 e. The van der Waals surface area contributed by atoms with Gasteiger partial charge < -0.3 is 10.0 Å². The normalized spacial score (nSPS) is 12.3. The van der Waals surface area contributed by atoms with Crippen molar-refractivity contribution >= 4 is 22.7 Å². The van der Waals surface area contributed by atoms with Crippen LogP contribution in [0.4, 0.5) is 22.7 Å². The van der Waals surface area contributed by atoms with E-state index in [2.05, 4.69) is 10.2 Å². The number of azo groups is 1. The number of aliphatic hydroxyl groups excluding tert-OH is 1. The molecule has 22 heavy (non-hydrogen) atoms. The number of hydrogen-bond donors (Lipinski definition) is 1. The highest BCUT2D eigenvalue weighted by molar-refractivity contribution is 5.52. The summed E-state index contributed by atoms with van der Waals surface area (Å²) in [6.07, 6.45) is -0.576. The summed E-state index contributed by atoms with van der Waals surface area (Å²) in [5, 5.41) is 28.1. The van der Waals surface area contributed by atoms with E-state index in [1.165, 1.54) is 24.3 Å². The number of anilines is 1. The second-order valence-electron chi connectivity index (χ2n) is 4.73. The highest BCUT2D eigenvalue weighted by Crippen LogP contribution is 2.23. The van der Waals surface area contributed by atoms with Crippen LogP contribution in [-0.4, -0.2) is 23.3 Å². The van der Waals surface area contributed by atoms with Gasteiger partial charge in [0.05, 0.1) is 16.3 Å². The zero-order valence-corrected chi connectivity index (χ0v) is 12.2. The Kier molecular flexibility index (Phi) is 4.80. The molecule has 0 radical (unpaired) electrons. The van der Waals surface area contributed by atoms with Crippen LogP contribution in [0.5, 0.6) is 0 Å². The van der Waals surface area contributed by atoms with Gasteiger partial charge in [0.25, 0.3) is 5.69 Å². The van der Waals surface area contributed by atoms with Crippen molar-refractivity contribution < 1.29 is 10.0 Å². The van der Waals surface area contributed by atoms with Gasteiger partial charge in [-0.2, -0.15) is 10.2 Å². The Morgan fingerprint density at radius 1 is 1.05 bits per heavy atom. The predicted octanol–water partition coefficient (Wildman–Crippen LogP) is 3.78. The zero-order valence-electron chi connectivity index (χ0n) is 12.2. The van der Waals surface area contributed by atoms with Gasteiger partial charge in [-0.25, -0.2) is 0 Å². The largest absolute Gasteiger partial charge is 0.374 e. The SMILES string of the molecule is CC(O)N(C)c1ccc(N=Nc2ccc([N+](=O)[O-])cc2)cc1. The van der Waals surface area contributed by atoms with Gasteiger partial charge in [0.15, 0.2) is 0 Å². The van der Waals surface area contributed by atoms with Crippen molar-refractivity contribution in [1.82, 2.24) is 0 Å². The van der Waals surface area contributed by atoms with Crippen molar-refractivity contribution in [1.29, 1.82) is 0 Å². The van der Waals surface area contributed by atoms with Gasteiger partial charge in [-0.1, -0.05) is 0 Å². The molecule has 0 amide bonds. The Morgan fingerprint density at radius 3 is 1.91 bits per heavy atom. The van der Waals surface area contributed by atoms with Crippen LogP contribution in [0.25, 0.3) is 0 Å². The molecule has 0 saturated carbocycles. The first kappa shape index (κ1) is 15.6. The van der Waals surface area contributed by atoms with E-state index in [1.807, 2.05) is 12.1 Å². The molecule has 0 heterocycles. The van der Waals surface area contributed by atoms with Gasteiger partial charge in [0.1, 0.15) is 6.23 Å². The summed E-state index contributed by atoms with van der Waals surface area (Å²) in [6, 6.07) is 13.1. The number of aliphatic hydroxyl groups is 1. The third kappa shape index (κ3) is 3.86. The monoisotopic (exact) mass is 300 g/mol. The lowest BCUT2D eigenvalue weighted by molar-refractivity contribution is -0.384. The maximum atomic E-state index is 10.6. The summed E-state index contributed by atoms with van der Waals surface area (Å²) in [5.41, 5.74) is 2.07. The second kappa shape index (κ2) is 6.77. The molecule has 0 aliphatic rings. The van der Waals surface area contributed by atoms with Crippen molar-refractivity contribution in [2.24, 2.45) is 10.2 Å². The van der Waals surface area contributed by atoms with Crippen LogP contribution in [0.3, 0.4) is 0 Å². The highest BCUT2D eigenvalue weighted by atomic mass is 16.6. The number of nitrogens with zero attached hydrogens (tertiary/aromatic N) is 4. The maximum absolute atomic E-state index is 10.6. The topological polar surface area (TPSA) is 91.3 Å². The first-order valence-corrected chi connectivity index (χ1v) is 6.64. The van der Waals surface area contributed by atoms with E-state index in [4.69, 9.17) is 0 Å². The van der Waals surface area contributed by atoms with Crippen LogP contribution in [0.1, 0.15) is 6.92 Å². The fraction of sp³-hybridized carbons (Fsp3) is 0.200. The minimum absolute atomic E-state index is 0.0180. The van der Waals surface area contributed by atoms with Crippen LogP contribution < -0.4 is 4.90 Å². The van der Waals surface area contributed by atoms with Crippen molar-refractivity contribution in [2.75, 3.05) is 11.9 Å². The van der Waals surface area contributed by atoms with Crippen molar-refractivity contribution in [3.63, 3.8) is 0 Å². The number of hydrogen-bond acceptors (Lipinski definition) is 6. The van der Waals surface area contributed by atoms with Gasteiger partial charge in [0, 0.05) is 24.9 Å². The summed E-state index contributed by atoms with van der Waals surface area (Å²) >= 11 is 0. The van der Waals surface area contributed by atoms with Crippen LogP contribution >= 0.6 is 0 Å². The average Bonchev–Trinajstić information content (AvgIpc) is 2.53. The number of non-ortho nitro benzene ring substituents is 1. The van der Waals surface area contributed by atoms with Crippen LogP contribution in [0.15, 0.2) is 58.8 Å². The molecule has 0 aliphatic heterocycles. The summed E-state index contributed by atoms with van der Waals surface area (Å²) in [7, 11) is 1.79. The van der Waals surface area contributed by atoms with Gasteiger partial charge in [0.2, 0.25) is 0 Å². The highest BCUT2D eigenvalue weighted by Gasteiger charge is 2.06. The fourth-order valence-corrected chi connectivity index (χ4v) is 1.73. The average molecular weight is 300 g/mol. The molecule has 0 saturated heterocycles. The van der Waals surface area contributed by atoms with Crippen LogP contribution in [0.2, 0.25) is 0 Å². The van der Waals surface area contributed by atoms with Gasteiger partial charge in [-0.05, 0) is 43.3 Å². The van der Waals surface area contributed by atoms with Gasteiger partial charge in [-0.15, -0.1) is 0 Å². The van der Waals surface area contributed by atoms with Crippen LogP contribution in [0, 0.1) is 10.1 Å². The lowest BCUT2D eigenvalue weighted by Gasteiger charge is -2.22. The minimum atomic E-state index is -0.576. The number of nitro benzene ring substituents is 1. The smallest absolute Gasteiger partial charge is 0.269 e. The number of rotatable bonds is 5. The molecule has 114 valence electrons. The van der Waals surface area contributed by atoms with Crippen molar-refractivity contribution in [3.8, 4) is 0 Å². The van der Waals surface area contributed by atoms with E-state index in [9.17, 15) is 15.2 Å². The quantitative estimate of drug-likeness (QED) is 0.393. The first-order valence-electron chi connectivity index (χ1n) is 6.64. The van der Waals surface area contributed by atoms with E-state index in [0.717, 1.165) is 5.69 Å². The molecular weight excluding hydrogens is 284 g/mol. The van der Waals surface area contributed by atoms with E-state index in [-0.39, 0.29) is 5.69 Å². The molecule has 0 spiro atoms. The van der Waals surface area contributed by atoms with Crippen molar-refractivity contribution in [2.45, 2.75) is 13.2 Å². The summed E-state index contributed by atoms with van der Waals surface area (Å²) < 4.78 is 0. The van der Waals surface area contributed by atoms with Gasteiger partial charge >= 0.3 is 0 Å². The third-order valence-electron chi connectivity index (χ3n) is 3.16. The number of nitro groups is 1. The Morgan fingerprint density at radius 2 is 1.50 bits per heavy atom. The summed E-state index contributed by atoms with van der Waals surface area (Å²) in [4.78, 5) is 11.8. The maximum Gasteiger partial charge on any atom is 0.269 e. The molecule has 1 N–H and O–H groups in total.